The number of hydrogen-bond acceptors (Lipinski definition) is 6. The molecule has 41 heavy (non-hydrogen) atoms. The predicted molar refractivity (Wildman–Crippen MR) is 159 cm³/mol. The highest BCUT2D eigenvalue weighted by Gasteiger charge is 2.30. The van der Waals surface area contributed by atoms with Crippen LogP contribution >= 0.6 is 0 Å². The van der Waals surface area contributed by atoms with E-state index in [1.165, 1.54) is 4.31 Å². The third-order valence-electron chi connectivity index (χ3n) is 6.92. The number of carbonyl (C=O) groups excluding carboxylic acids is 2. The minimum atomic E-state index is -3.64. The molecule has 1 atom stereocenters. The Labute approximate surface area is 242 Å². The summed E-state index contributed by atoms with van der Waals surface area (Å²) in [6.07, 6.45) is 1.81. The number of nitrogens with one attached hydrogen (secondary N) is 1. The second kappa shape index (κ2) is 13.5. The summed E-state index contributed by atoms with van der Waals surface area (Å²) in [7, 11) is -2.08. The number of amides is 2. The number of likely N-dealkylation sites (N-methyl/N-ethyl adjacent to an activating group) is 1. The number of rotatable bonds is 12. The second-order valence-corrected chi connectivity index (χ2v) is 12.0. The molecule has 0 spiro atoms. The highest BCUT2D eigenvalue weighted by molar-refractivity contribution is 7.92. The molecule has 1 aliphatic heterocycles. The van der Waals surface area contributed by atoms with Crippen LogP contribution in [0, 0.1) is 6.92 Å². The second-order valence-electron chi connectivity index (χ2n) is 10.1. The summed E-state index contributed by atoms with van der Waals surface area (Å²) in [5.74, 6) is 0.557. The minimum absolute atomic E-state index is 0.0602. The third kappa shape index (κ3) is 8.00. The molecule has 0 saturated carbocycles. The molecule has 2 amide bonds. The first-order valence-corrected chi connectivity index (χ1v) is 15.5. The molecule has 1 heterocycles. The Kier molecular flexibility index (Phi) is 9.88. The summed E-state index contributed by atoms with van der Waals surface area (Å²) in [5, 5.41) is 2.72. The van der Waals surface area contributed by atoms with Crippen LogP contribution < -0.4 is 19.1 Å². The van der Waals surface area contributed by atoms with Gasteiger partial charge in [-0.3, -0.25) is 13.9 Å². The van der Waals surface area contributed by atoms with Gasteiger partial charge in [0, 0.05) is 39.0 Å². The Bertz CT molecular complexity index is 1460. The monoisotopic (exact) mass is 579 g/mol. The summed E-state index contributed by atoms with van der Waals surface area (Å²) in [6.45, 7) is 3.14. The number of carbonyl (C=O) groups is 2. The van der Waals surface area contributed by atoms with Gasteiger partial charge in [-0.15, -0.1) is 0 Å². The first kappa shape index (κ1) is 29.9. The molecule has 0 saturated heterocycles. The fourth-order valence-corrected chi connectivity index (χ4v) is 5.88. The molecule has 3 aromatic carbocycles. The van der Waals surface area contributed by atoms with Crippen molar-refractivity contribution in [1.82, 2.24) is 10.2 Å². The molecule has 3 aromatic rings. The largest absolute Gasteiger partial charge is 0.486 e. The smallest absolute Gasteiger partial charge is 0.242 e. The Morgan fingerprint density at radius 2 is 1.63 bits per heavy atom. The van der Waals surface area contributed by atoms with Crippen molar-refractivity contribution in [3.05, 3.63) is 89.5 Å². The van der Waals surface area contributed by atoms with Crippen LogP contribution in [0.1, 0.15) is 29.5 Å². The van der Waals surface area contributed by atoms with E-state index >= 15 is 0 Å². The Balaban J connectivity index is 1.55. The summed E-state index contributed by atoms with van der Waals surface area (Å²) < 4.78 is 37.9. The summed E-state index contributed by atoms with van der Waals surface area (Å²) >= 11 is 0. The molecule has 4 rings (SSSR count). The fraction of sp³-hybridized carbons (Fsp3) is 0.355. The highest BCUT2D eigenvalue weighted by Crippen LogP contribution is 2.34. The molecule has 0 unspecified atom stereocenters. The molecule has 1 aliphatic rings. The molecule has 0 fully saturated rings. The fourth-order valence-electron chi connectivity index (χ4n) is 4.92. The van der Waals surface area contributed by atoms with Gasteiger partial charge in [0.05, 0.1) is 11.9 Å². The molecular weight excluding hydrogens is 542 g/mol. The van der Waals surface area contributed by atoms with Gasteiger partial charge >= 0.3 is 0 Å². The zero-order valence-electron chi connectivity index (χ0n) is 23.7. The van der Waals surface area contributed by atoms with Crippen LogP contribution in [0.15, 0.2) is 72.8 Å². The quantitative estimate of drug-likeness (QED) is 0.351. The van der Waals surface area contributed by atoms with E-state index in [1.807, 2.05) is 61.5 Å². The van der Waals surface area contributed by atoms with E-state index in [2.05, 4.69) is 5.32 Å². The van der Waals surface area contributed by atoms with Gasteiger partial charge < -0.3 is 19.7 Å². The Hall–Kier alpha value is -4.05. The van der Waals surface area contributed by atoms with Crippen LogP contribution in [0.25, 0.3) is 0 Å². The zero-order chi connectivity index (χ0) is 29.4. The number of ether oxygens (including phenoxy) is 2. The molecular formula is C31H37N3O6S. The SMILES string of the molecule is CNC(=O)[C@H](Cc1ccccc1)N(Cc1cccc(C)c1)C(=O)CCCN(c1ccc2c(c1)OCCO2)S(C)(=O)=O. The van der Waals surface area contributed by atoms with Crippen molar-refractivity contribution in [2.45, 2.75) is 38.8 Å². The maximum atomic E-state index is 13.8. The average molecular weight is 580 g/mol. The van der Waals surface area contributed by atoms with E-state index in [9.17, 15) is 18.0 Å². The van der Waals surface area contributed by atoms with Gasteiger partial charge in [0.2, 0.25) is 21.8 Å². The van der Waals surface area contributed by atoms with Gasteiger partial charge in [0.25, 0.3) is 0 Å². The van der Waals surface area contributed by atoms with Crippen molar-refractivity contribution in [1.29, 1.82) is 0 Å². The summed E-state index contributed by atoms with van der Waals surface area (Å²) in [5.41, 5.74) is 3.34. The molecule has 0 radical (unpaired) electrons. The molecule has 0 aromatic heterocycles. The van der Waals surface area contributed by atoms with E-state index in [0.29, 0.717) is 36.8 Å². The number of sulfonamides is 1. The van der Waals surface area contributed by atoms with Gasteiger partial charge in [-0.05, 0) is 36.6 Å². The van der Waals surface area contributed by atoms with E-state index < -0.39 is 16.1 Å². The number of fused-ring (bicyclic) bond motifs is 1. The van der Waals surface area contributed by atoms with Crippen molar-refractivity contribution in [3.8, 4) is 11.5 Å². The van der Waals surface area contributed by atoms with Crippen LogP contribution in [0.4, 0.5) is 5.69 Å². The lowest BCUT2D eigenvalue weighted by molar-refractivity contribution is -0.141. The van der Waals surface area contributed by atoms with E-state index in [-0.39, 0.29) is 37.7 Å². The first-order valence-electron chi connectivity index (χ1n) is 13.6. The van der Waals surface area contributed by atoms with Crippen molar-refractivity contribution in [2.75, 3.05) is 37.4 Å². The molecule has 0 aliphatic carbocycles. The van der Waals surface area contributed by atoms with Gasteiger partial charge in [0.1, 0.15) is 19.3 Å². The average Bonchev–Trinajstić information content (AvgIpc) is 2.96. The van der Waals surface area contributed by atoms with Gasteiger partial charge in [-0.2, -0.15) is 0 Å². The van der Waals surface area contributed by atoms with Crippen molar-refractivity contribution in [2.24, 2.45) is 0 Å². The lowest BCUT2D eigenvalue weighted by Gasteiger charge is -2.32. The topological polar surface area (TPSA) is 105 Å². The third-order valence-corrected chi connectivity index (χ3v) is 8.11. The van der Waals surface area contributed by atoms with E-state index in [4.69, 9.17) is 9.47 Å². The normalized spacial score (nSPS) is 13.2. The van der Waals surface area contributed by atoms with Crippen molar-refractivity contribution < 1.29 is 27.5 Å². The van der Waals surface area contributed by atoms with Gasteiger partial charge in [-0.25, -0.2) is 8.42 Å². The predicted octanol–water partition coefficient (Wildman–Crippen LogP) is 3.70. The summed E-state index contributed by atoms with van der Waals surface area (Å²) in [4.78, 5) is 28.5. The van der Waals surface area contributed by atoms with Crippen LogP contribution in [0.2, 0.25) is 0 Å². The minimum Gasteiger partial charge on any atom is -0.486 e. The van der Waals surface area contributed by atoms with Crippen LogP contribution in [-0.4, -0.2) is 64.2 Å². The van der Waals surface area contributed by atoms with Crippen LogP contribution in [0.3, 0.4) is 0 Å². The summed E-state index contributed by atoms with van der Waals surface area (Å²) in [6, 6.07) is 21.7. The van der Waals surface area contributed by atoms with Gasteiger partial charge in [0.15, 0.2) is 11.5 Å². The first-order chi connectivity index (χ1) is 19.7. The number of benzene rings is 3. The molecule has 218 valence electrons. The number of aryl methyl sites for hydroxylation is 1. The van der Waals surface area contributed by atoms with Crippen molar-refractivity contribution >= 4 is 27.5 Å². The lowest BCUT2D eigenvalue weighted by Crippen LogP contribution is -2.49. The number of nitrogens with zero attached hydrogens (tertiary/aromatic N) is 2. The van der Waals surface area contributed by atoms with Crippen molar-refractivity contribution in [3.63, 3.8) is 0 Å². The zero-order valence-corrected chi connectivity index (χ0v) is 24.5. The van der Waals surface area contributed by atoms with Crippen LogP contribution in [-0.2, 0) is 32.6 Å². The molecule has 1 N–H and O–H groups in total. The number of anilines is 1. The van der Waals surface area contributed by atoms with Gasteiger partial charge in [-0.1, -0.05) is 60.2 Å². The Morgan fingerprint density at radius 3 is 2.32 bits per heavy atom. The standard InChI is InChI=1S/C31H37N3O6S/c1-23-9-7-12-25(19-23)22-33(27(31(36)32-2)20-24-10-5-4-6-11-24)30(35)13-8-16-34(41(3,37)38)26-14-15-28-29(21-26)40-18-17-39-28/h4-7,9-12,14-15,19,21,27H,8,13,16-18,20,22H2,1-3H3,(H,32,36)/t27-/m0/s1. The van der Waals surface area contributed by atoms with E-state index in [0.717, 1.165) is 22.9 Å². The maximum Gasteiger partial charge on any atom is 0.242 e. The molecule has 0 bridgehead atoms. The lowest BCUT2D eigenvalue weighted by atomic mass is 10.0. The van der Waals surface area contributed by atoms with Crippen LogP contribution in [0.5, 0.6) is 11.5 Å². The highest BCUT2D eigenvalue weighted by atomic mass is 32.2. The maximum absolute atomic E-state index is 13.8. The molecule has 10 heteroatoms. The van der Waals surface area contributed by atoms with E-state index in [1.54, 1.807) is 30.1 Å². The number of hydrogen-bond donors (Lipinski definition) is 1. The Morgan fingerprint density at radius 1 is 0.927 bits per heavy atom. The molecule has 9 nitrogen and oxygen atoms in total.